The molecule has 0 spiro atoms. The van der Waals surface area contributed by atoms with E-state index in [2.05, 4.69) is 10.3 Å². The van der Waals surface area contributed by atoms with E-state index in [0.29, 0.717) is 0 Å². The average Bonchev–Trinajstić information content (AvgIpc) is 2.54. The molecule has 2 aromatic rings. The number of aliphatic carboxylic acids is 1. The van der Waals surface area contributed by atoms with Crippen molar-refractivity contribution in [2.24, 2.45) is 0 Å². The number of carbonyl (C=O) groups is 2. The molecule has 1 atom stereocenters. The summed E-state index contributed by atoms with van der Waals surface area (Å²) < 4.78 is 5.89. The zero-order valence-corrected chi connectivity index (χ0v) is 14.1. The Hall–Kier alpha value is -2.94. The molecule has 1 heterocycles. The van der Waals surface area contributed by atoms with Crippen LogP contribution in [0.2, 0.25) is 0 Å². The lowest BCUT2D eigenvalue weighted by molar-refractivity contribution is -0.145. The zero-order chi connectivity index (χ0) is 18.8. The van der Waals surface area contributed by atoms with E-state index in [1.165, 1.54) is 32.2 Å². The van der Waals surface area contributed by atoms with Crippen LogP contribution in [-0.2, 0) is 16.1 Å². The van der Waals surface area contributed by atoms with Crippen LogP contribution in [0.3, 0.4) is 0 Å². The summed E-state index contributed by atoms with van der Waals surface area (Å²) in [6.07, 6.45) is 0. The Balaban J connectivity index is 2.45. The normalized spacial score (nSPS) is 13.4. The van der Waals surface area contributed by atoms with E-state index in [1.54, 1.807) is 6.92 Å². The van der Waals surface area contributed by atoms with Crippen LogP contribution in [0.5, 0.6) is 0 Å². The van der Waals surface area contributed by atoms with E-state index in [9.17, 15) is 24.3 Å². The third-order valence-corrected chi connectivity index (χ3v) is 3.85. The second-order valence-corrected chi connectivity index (χ2v) is 5.76. The summed E-state index contributed by atoms with van der Waals surface area (Å²) in [6, 6.07) is 4.15. The summed E-state index contributed by atoms with van der Waals surface area (Å²) in [5, 5.41) is 11.9. The van der Waals surface area contributed by atoms with Crippen molar-refractivity contribution in [2.45, 2.75) is 25.9 Å². The Kier molecular flexibility index (Phi) is 5.07. The molecule has 0 aliphatic rings. The Labute approximate surface area is 142 Å². The molecule has 2 rings (SSSR count). The van der Waals surface area contributed by atoms with Crippen LogP contribution in [-0.4, -0.2) is 45.8 Å². The first-order valence-corrected chi connectivity index (χ1v) is 7.55. The van der Waals surface area contributed by atoms with Gasteiger partial charge in [0.05, 0.1) is 17.5 Å². The summed E-state index contributed by atoms with van der Waals surface area (Å²) in [5.74, 6) is -1.91. The molecule has 0 aliphatic heterocycles. The second-order valence-electron chi connectivity index (χ2n) is 5.76. The van der Waals surface area contributed by atoms with Gasteiger partial charge in [0.25, 0.3) is 11.5 Å². The van der Waals surface area contributed by atoms with Crippen LogP contribution in [0, 0.1) is 0 Å². The van der Waals surface area contributed by atoms with Gasteiger partial charge >= 0.3 is 11.7 Å². The van der Waals surface area contributed by atoms with E-state index < -0.39 is 28.7 Å². The first-order valence-electron chi connectivity index (χ1n) is 7.55. The largest absolute Gasteiger partial charge is 0.479 e. The van der Waals surface area contributed by atoms with Crippen molar-refractivity contribution in [3.05, 3.63) is 44.6 Å². The summed E-state index contributed by atoms with van der Waals surface area (Å²) in [4.78, 5) is 50.4. The van der Waals surface area contributed by atoms with E-state index in [0.717, 1.165) is 4.57 Å². The molecule has 0 saturated heterocycles. The highest BCUT2D eigenvalue weighted by Crippen LogP contribution is 2.12. The Bertz CT molecular complexity index is 945. The summed E-state index contributed by atoms with van der Waals surface area (Å²) >= 11 is 0. The molecule has 1 amide bonds. The number of nitrogens with one attached hydrogen (secondary N) is 2. The second kappa shape index (κ2) is 6.89. The van der Waals surface area contributed by atoms with Gasteiger partial charge in [-0.1, -0.05) is 0 Å². The maximum absolute atomic E-state index is 12.4. The number of rotatable bonds is 6. The van der Waals surface area contributed by atoms with Crippen molar-refractivity contribution < 1.29 is 19.4 Å². The number of hydrogen-bond donors (Lipinski definition) is 3. The van der Waals surface area contributed by atoms with Crippen LogP contribution in [0.25, 0.3) is 10.9 Å². The standard InChI is InChI=1S/C16H19N3O6/c1-4-19-13(21)10-6-5-9(7-11(10)17-15(19)24)12(20)18-16(2,8-25-3)14(22)23/h5-7H,4,8H2,1-3H3,(H,17,24)(H,18,20)(H,22,23). The molecule has 0 radical (unpaired) electrons. The number of methoxy groups -OCH3 is 1. The molecule has 1 unspecified atom stereocenters. The van der Waals surface area contributed by atoms with Gasteiger partial charge in [0.2, 0.25) is 0 Å². The van der Waals surface area contributed by atoms with Crippen molar-refractivity contribution in [1.29, 1.82) is 0 Å². The van der Waals surface area contributed by atoms with Crippen molar-refractivity contribution >= 4 is 22.8 Å². The maximum Gasteiger partial charge on any atom is 0.331 e. The minimum absolute atomic E-state index is 0.111. The Morgan fingerprint density at radius 3 is 2.60 bits per heavy atom. The minimum Gasteiger partial charge on any atom is -0.479 e. The lowest BCUT2D eigenvalue weighted by atomic mass is 10.0. The zero-order valence-electron chi connectivity index (χ0n) is 14.1. The SMILES string of the molecule is CCn1c(=O)[nH]c2cc(C(=O)NC(C)(COC)C(=O)O)ccc2c1=O. The van der Waals surface area contributed by atoms with E-state index >= 15 is 0 Å². The number of fused-ring (bicyclic) bond motifs is 1. The van der Waals surface area contributed by atoms with Crippen LogP contribution in [0.1, 0.15) is 24.2 Å². The number of benzene rings is 1. The molecule has 0 saturated carbocycles. The molecule has 1 aromatic heterocycles. The van der Waals surface area contributed by atoms with Crippen molar-refractivity contribution in [1.82, 2.24) is 14.9 Å². The average molecular weight is 349 g/mol. The fraction of sp³-hybridized carbons (Fsp3) is 0.375. The number of carboxylic acids is 1. The molecule has 0 fully saturated rings. The Morgan fingerprint density at radius 2 is 2.04 bits per heavy atom. The molecular formula is C16H19N3O6. The molecule has 1 aromatic carbocycles. The first kappa shape index (κ1) is 18.4. The monoisotopic (exact) mass is 349 g/mol. The molecule has 9 nitrogen and oxygen atoms in total. The number of H-pyrrole nitrogens is 1. The van der Waals surface area contributed by atoms with Gasteiger partial charge in [-0.15, -0.1) is 0 Å². The number of carboxylic acid groups (broad SMARTS) is 1. The third-order valence-electron chi connectivity index (χ3n) is 3.85. The lowest BCUT2D eigenvalue weighted by Gasteiger charge is -2.25. The molecule has 3 N–H and O–H groups in total. The van der Waals surface area contributed by atoms with Gasteiger partial charge in [0.1, 0.15) is 0 Å². The van der Waals surface area contributed by atoms with Gasteiger partial charge in [0.15, 0.2) is 5.54 Å². The third kappa shape index (κ3) is 3.45. The van der Waals surface area contributed by atoms with Gasteiger partial charge in [-0.2, -0.15) is 0 Å². The first-order chi connectivity index (χ1) is 11.7. The molecule has 9 heteroatoms. The topological polar surface area (TPSA) is 130 Å². The van der Waals surface area contributed by atoms with Crippen molar-refractivity contribution in [3.8, 4) is 0 Å². The maximum atomic E-state index is 12.4. The van der Waals surface area contributed by atoms with E-state index in [1.807, 2.05) is 0 Å². The number of amides is 1. The summed E-state index contributed by atoms with van der Waals surface area (Å²) in [5.41, 5.74) is -2.33. The number of ether oxygens (including phenoxy) is 1. The fourth-order valence-corrected chi connectivity index (χ4v) is 2.45. The smallest absolute Gasteiger partial charge is 0.331 e. The quantitative estimate of drug-likeness (QED) is 0.669. The fourth-order valence-electron chi connectivity index (χ4n) is 2.45. The predicted molar refractivity (Wildman–Crippen MR) is 89.9 cm³/mol. The van der Waals surface area contributed by atoms with Crippen LogP contribution in [0.15, 0.2) is 27.8 Å². The predicted octanol–water partition coefficient (Wildman–Crippen LogP) is -0.0708. The van der Waals surface area contributed by atoms with Gasteiger partial charge < -0.3 is 20.1 Å². The molecule has 134 valence electrons. The molecule has 25 heavy (non-hydrogen) atoms. The van der Waals surface area contributed by atoms with Crippen LogP contribution < -0.4 is 16.6 Å². The number of aromatic amines is 1. The highest BCUT2D eigenvalue weighted by atomic mass is 16.5. The Morgan fingerprint density at radius 1 is 1.36 bits per heavy atom. The number of hydrogen-bond acceptors (Lipinski definition) is 5. The highest BCUT2D eigenvalue weighted by Gasteiger charge is 2.35. The number of carbonyl (C=O) groups excluding carboxylic acids is 1. The van der Waals surface area contributed by atoms with Crippen molar-refractivity contribution in [3.63, 3.8) is 0 Å². The van der Waals surface area contributed by atoms with Gasteiger partial charge in [-0.05, 0) is 32.0 Å². The number of nitrogens with zero attached hydrogens (tertiary/aromatic N) is 1. The summed E-state index contributed by atoms with van der Waals surface area (Å²) in [6.45, 7) is 2.99. The van der Waals surface area contributed by atoms with Crippen LogP contribution in [0.4, 0.5) is 0 Å². The van der Waals surface area contributed by atoms with E-state index in [4.69, 9.17) is 4.74 Å². The molecular weight excluding hydrogens is 330 g/mol. The van der Waals surface area contributed by atoms with Gasteiger partial charge in [-0.25, -0.2) is 9.59 Å². The lowest BCUT2D eigenvalue weighted by Crippen LogP contribution is -2.55. The highest BCUT2D eigenvalue weighted by molar-refractivity contribution is 6.00. The minimum atomic E-state index is -1.61. The molecule has 0 aliphatic carbocycles. The van der Waals surface area contributed by atoms with Gasteiger partial charge in [-0.3, -0.25) is 14.2 Å². The summed E-state index contributed by atoms with van der Waals surface area (Å²) in [7, 11) is 1.33. The van der Waals surface area contributed by atoms with E-state index in [-0.39, 0.29) is 29.6 Å². The van der Waals surface area contributed by atoms with Crippen LogP contribution >= 0.6 is 0 Å². The van der Waals surface area contributed by atoms with Gasteiger partial charge in [0, 0.05) is 19.2 Å². The molecule has 0 bridgehead atoms. The van der Waals surface area contributed by atoms with Crippen molar-refractivity contribution in [2.75, 3.05) is 13.7 Å². The number of aromatic nitrogens is 2.